The summed E-state index contributed by atoms with van der Waals surface area (Å²) in [6.45, 7) is 4.62. The molecule has 0 fully saturated rings. The van der Waals surface area contributed by atoms with Crippen LogP contribution in [0.1, 0.15) is 30.5 Å². The van der Waals surface area contributed by atoms with E-state index in [1.807, 2.05) is 0 Å². The molecule has 1 unspecified atom stereocenters. The fourth-order valence-electron chi connectivity index (χ4n) is 1.68. The van der Waals surface area contributed by atoms with Gasteiger partial charge in [0, 0.05) is 6.54 Å². The molecular weight excluding hydrogens is 237 g/mol. The predicted octanol–water partition coefficient (Wildman–Crippen LogP) is 0.805. The van der Waals surface area contributed by atoms with Crippen LogP contribution in [0.5, 0.6) is 0 Å². The first kappa shape index (κ1) is 15.0. The Morgan fingerprint density at radius 3 is 2.50 bits per heavy atom. The number of benzene rings is 1. The highest BCUT2D eigenvalue weighted by Crippen LogP contribution is 2.17. The van der Waals surface area contributed by atoms with Crippen LogP contribution in [0.15, 0.2) is 12.1 Å². The zero-order chi connectivity index (χ0) is 13.9. The fraction of sp³-hybridized carbons (Fsp3) is 0.538. The van der Waals surface area contributed by atoms with Gasteiger partial charge in [0.05, 0.1) is 12.2 Å². The van der Waals surface area contributed by atoms with Crippen LogP contribution in [-0.4, -0.2) is 27.1 Å². The minimum absolute atomic E-state index is 0.166. The molecule has 102 valence electrons. The minimum atomic E-state index is -1.29. The summed E-state index contributed by atoms with van der Waals surface area (Å²) in [5.74, 6) is -0.390. The van der Waals surface area contributed by atoms with Crippen LogP contribution in [0.2, 0.25) is 0 Å². The van der Waals surface area contributed by atoms with Gasteiger partial charge >= 0.3 is 0 Å². The van der Waals surface area contributed by atoms with E-state index in [2.05, 4.69) is 5.32 Å². The first-order chi connectivity index (χ1) is 8.25. The van der Waals surface area contributed by atoms with Gasteiger partial charge in [-0.1, -0.05) is 0 Å². The van der Waals surface area contributed by atoms with Gasteiger partial charge in [0.15, 0.2) is 0 Å². The van der Waals surface area contributed by atoms with Gasteiger partial charge in [-0.15, -0.1) is 0 Å². The first-order valence-electron chi connectivity index (χ1n) is 5.78. The summed E-state index contributed by atoms with van der Waals surface area (Å²) in [6.07, 6.45) is -1.13. The number of aryl methyl sites for hydroxylation is 1. The molecular formula is C13H20FNO3. The topological polar surface area (TPSA) is 72.7 Å². The summed E-state index contributed by atoms with van der Waals surface area (Å²) in [5, 5.41) is 31.1. The predicted molar refractivity (Wildman–Crippen MR) is 66.2 cm³/mol. The molecule has 1 rings (SSSR count). The zero-order valence-corrected chi connectivity index (χ0v) is 10.9. The van der Waals surface area contributed by atoms with Crippen molar-refractivity contribution in [2.45, 2.75) is 45.8 Å². The number of hydrogen-bond acceptors (Lipinski definition) is 4. The molecule has 0 aliphatic carbocycles. The molecule has 0 radical (unpaired) electrons. The molecule has 4 N–H and O–H groups in total. The number of nitrogens with one attached hydrogen (secondary N) is 1. The SMILES string of the molecule is Cc1cc(F)cc(CNC(O)C(C)(C)O)c1CO. The van der Waals surface area contributed by atoms with Crippen molar-refractivity contribution in [3.63, 3.8) is 0 Å². The lowest BCUT2D eigenvalue weighted by atomic mass is 10.0. The Bertz CT molecular complexity index is 415. The van der Waals surface area contributed by atoms with E-state index in [-0.39, 0.29) is 19.0 Å². The third kappa shape index (κ3) is 3.74. The van der Waals surface area contributed by atoms with E-state index in [4.69, 9.17) is 0 Å². The minimum Gasteiger partial charge on any atom is -0.392 e. The summed E-state index contributed by atoms with van der Waals surface area (Å²) in [7, 11) is 0. The lowest BCUT2D eigenvalue weighted by Gasteiger charge is -2.26. The number of halogens is 1. The van der Waals surface area contributed by atoms with Crippen molar-refractivity contribution >= 4 is 0 Å². The molecule has 0 amide bonds. The van der Waals surface area contributed by atoms with E-state index in [1.165, 1.54) is 26.0 Å². The molecule has 0 heterocycles. The van der Waals surface area contributed by atoms with Crippen LogP contribution in [-0.2, 0) is 13.2 Å². The highest BCUT2D eigenvalue weighted by molar-refractivity contribution is 5.34. The molecule has 1 atom stereocenters. The molecule has 0 saturated carbocycles. The van der Waals surface area contributed by atoms with Crippen molar-refractivity contribution in [3.8, 4) is 0 Å². The van der Waals surface area contributed by atoms with Crippen LogP contribution < -0.4 is 5.32 Å². The van der Waals surface area contributed by atoms with Gasteiger partial charge in [0.2, 0.25) is 0 Å². The summed E-state index contributed by atoms with van der Waals surface area (Å²) in [5.41, 5.74) is 0.569. The summed E-state index contributed by atoms with van der Waals surface area (Å²) >= 11 is 0. The highest BCUT2D eigenvalue weighted by Gasteiger charge is 2.24. The summed E-state index contributed by atoms with van der Waals surface area (Å²) < 4.78 is 13.3. The third-order valence-corrected chi connectivity index (χ3v) is 2.84. The van der Waals surface area contributed by atoms with Crippen molar-refractivity contribution in [1.82, 2.24) is 5.32 Å². The number of rotatable bonds is 5. The molecule has 4 nitrogen and oxygen atoms in total. The quantitative estimate of drug-likeness (QED) is 0.589. The monoisotopic (exact) mass is 257 g/mol. The van der Waals surface area contributed by atoms with Crippen LogP contribution in [0, 0.1) is 12.7 Å². The normalized spacial score (nSPS) is 13.7. The van der Waals surface area contributed by atoms with E-state index >= 15 is 0 Å². The Morgan fingerprint density at radius 2 is 2.00 bits per heavy atom. The first-order valence-corrected chi connectivity index (χ1v) is 5.78. The zero-order valence-electron chi connectivity index (χ0n) is 10.9. The van der Waals surface area contributed by atoms with E-state index in [0.717, 1.165) is 0 Å². The Morgan fingerprint density at radius 1 is 1.39 bits per heavy atom. The van der Waals surface area contributed by atoms with Gasteiger partial charge in [-0.3, -0.25) is 5.32 Å². The Balaban J connectivity index is 2.85. The molecule has 0 bridgehead atoms. The van der Waals surface area contributed by atoms with Crippen molar-refractivity contribution in [3.05, 3.63) is 34.6 Å². The van der Waals surface area contributed by atoms with Crippen LogP contribution in [0.3, 0.4) is 0 Å². The second kappa shape index (κ2) is 5.75. The average Bonchev–Trinajstić information content (AvgIpc) is 2.23. The molecule has 0 spiro atoms. The van der Waals surface area contributed by atoms with Crippen molar-refractivity contribution in [2.24, 2.45) is 0 Å². The second-order valence-corrected chi connectivity index (χ2v) is 4.96. The number of aliphatic hydroxyl groups is 3. The van der Waals surface area contributed by atoms with Crippen LogP contribution in [0.4, 0.5) is 4.39 Å². The molecule has 1 aromatic rings. The van der Waals surface area contributed by atoms with Gasteiger partial charge in [-0.2, -0.15) is 0 Å². The van der Waals surface area contributed by atoms with E-state index in [0.29, 0.717) is 16.7 Å². The van der Waals surface area contributed by atoms with Crippen molar-refractivity contribution in [1.29, 1.82) is 0 Å². The largest absolute Gasteiger partial charge is 0.392 e. The summed E-state index contributed by atoms with van der Waals surface area (Å²) in [6, 6.07) is 2.66. The lowest BCUT2D eigenvalue weighted by Crippen LogP contribution is -2.46. The molecule has 0 saturated heterocycles. The standard InChI is InChI=1S/C13H20FNO3/c1-8-4-10(14)5-9(11(8)7-16)6-15-12(17)13(2,3)18/h4-5,12,15-18H,6-7H2,1-3H3. The second-order valence-electron chi connectivity index (χ2n) is 4.96. The molecule has 0 aromatic heterocycles. The molecule has 5 heteroatoms. The van der Waals surface area contributed by atoms with Gasteiger partial charge in [0.25, 0.3) is 0 Å². The van der Waals surface area contributed by atoms with Gasteiger partial charge < -0.3 is 15.3 Å². The molecule has 0 aliphatic rings. The third-order valence-electron chi connectivity index (χ3n) is 2.84. The Kier molecular flexibility index (Phi) is 4.81. The van der Waals surface area contributed by atoms with Crippen molar-refractivity contribution in [2.75, 3.05) is 0 Å². The van der Waals surface area contributed by atoms with Crippen molar-refractivity contribution < 1.29 is 19.7 Å². The van der Waals surface area contributed by atoms with Crippen LogP contribution in [0.25, 0.3) is 0 Å². The fourth-order valence-corrected chi connectivity index (χ4v) is 1.68. The maximum Gasteiger partial charge on any atom is 0.133 e. The van der Waals surface area contributed by atoms with E-state index in [9.17, 15) is 19.7 Å². The average molecular weight is 257 g/mol. The van der Waals surface area contributed by atoms with Gasteiger partial charge in [-0.25, -0.2) is 4.39 Å². The lowest BCUT2D eigenvalue weighted by molar-refractivity contribution is -0.0656. The van der Waals surface area contributed by atoms with Gasteiger partial charge in [0.1, 0.15) is 12.0 Å². The molecule has 1 aromatic carbocycles. The summed E-state index contributed by atoms with van der Waals surface area (Å²) in [4.78, 5) is 0. The number of hydrogen-bond donors (Lipinski definition) is 4. The van der Waals surface area contributed by atoms with E-state index < -0.39 is 11.8 Å². The maximum atomic E-state index is 13.3. The maximum absolute atomic E-state index is 13.3. The molecule has 18 heavy (non-hydrogen) atoms. The molecule has 0 aliphatic heterocycles. The van der Waals surface area contributed by atoms with Gasteiger partial charge in [-0.05, 0) is 49.6 Å². The van der Waals surface area contributed by atoms with Crippen LogP contribution >= 0.6 is 0 Å². The van der Waals surface area contributed by atoms with E-state index in [1.54, 1.807) is 6.92 Å². The Hall–Kier alpha value is -1.01. The smallest absolute Gasteiger partial charge is 0.133 e. The number of aliphatic hydroxyl groups excluding tert-OH is 2. The Labute approximate surface area is 106 Å². The highest BCUT2D eigenvalue weighted by atomic mass is 19.1.